The maximum absolute atomic E-state index is 11.2. The van der Waals surface area contributed by atoms with Crippen LogP contribution in [0.1, 0.15) is 18.4 Å². The van der Waals surface area contributed by atoms with Gasteiger partial charge >= 0.3 is 5.97 Å². The van der Waals surface area contributed by atoms with Crippen LogP contribution in [0.25, 0.3) is 0 Å². The fourth-order valence-electron chi connectivity index (χ4n) is 2.31. The lowest BCUT2D eigenvalue weighted by molar-refractivity contribution is -0.138. The van der Waals surface area contributed by atoms with E-state index in [9.17, 15) is 9.90 Å². The van der Waals surface area contributed by atoms with Gasteiger partial charge in [-0.05, 0) is 17.5 Å². The molecule has 1 aliphatic rings. The number of aliphatic hydroxyl groups excluding tert-OH is 1. The molecular weight excluding hydrogens is 218 g/mol. The van der Waals surface area contributed by atoms with Gasteiger partial charge in [0.2, 0.25) is 0 Å². The van der Waals surface area contributed by atoms with E-state index >= 15 is 0 Å². The standard InChI is InChI=1S/C13H17NO3/c1-9(8-15)6-14-7-11(13(16)17)10-4-2-3-5-12(10)14/h2-5,9,11,15H,6-8H2,1H3,(H,16,17). The first-order valence-electron chi connectivity index (χ1n) is 5.81. The number of rotatable bonds is 4. The summed E-state index contributed by atoms with van der Waals surface area (Å²) in [6.45, 7) is 3.27. The van der Waals surface area contributed by atoms with Crippen LogP contribution in [0.2, 0.25) is 0 Å². The summed E-state index contributed by atoms with van der Waals surface area (Å²) in [6, 6.07) is 7.60. The predicted octanol–water partition coefficient (Wildman–Crippen LogP) is 1.30. The lowest BCUT2D eigenvalue weighted by Gasteiger charge is -2.22. The molecule has 0 aromatic heterocycles. The summed E-state index contributed by atoms with van der Waals surface area (Å²) >= 11 is 0. The predicted molar refractivity (Wildman–Crippen MR) is 65.3 cm³/mol. The molecule has 2 unspecified atom stereocenters. The van der Waals surface area contributed by atoms with E-state index in [1.807, 2.05) is 31.2 Å². The van der Waals surface area contributed by atoms with E-state index in [2.05, 4.69) is 4.90 Å². The van der Waals surface area contributed by atoms with E-state index in [-0.39, 0.29) is 12.5 Å². The van der Waals surface area contributed by atoms with Crippen LogP contribution in [0.15, 0.2) is 24.3 Å². The summed E-state index contributed by atoms with van der Waals surface area (Å²) in [5.41, 5.74) is 1.87. The molecule has 4 nitrogen and oxygen atoms in total. The number of carboxylic acids is 1. The molecule has 0 saturated carbocycles. The fraction of sp³-hybridized carbons (Fsp3) is 0.462. The fourth-order valence-corrected chi connectivity index (χ4v) is 2.31. The van der Waals surface area contributed by atoms with Crippen LogP contribution in [0.4, 0.5) is 5.69 Å². The number of aliphatic carboxylic acids is 1. The minimum atomic E-state index is -0.781. The van der Waals surface area contributed by atoms with E-state index in [0.29, 0.717) is 13.1 Å². The van der Waals surface area contributed by atoms with E-state index in [1.165, 1.54) is 0 Å². The second-order valence-electron chi connectivity index (χ2n) is 4.64. The van der Waals surface area contributed by atoms with Gasteiger partial charge in [0.05, 0.1) is 0 Å². The van der Waals surface area contributed by atoms with E-state index in [1.54, 1.807) is 0 Å². The molecule has 1 aromatic rings. The van der Waals surface area contributed by atoms with Crippen molar-refractivity contribution < 1.29 is 15.0 Å². The molecule has 0 spiro atoms. The van der Waals surface area contributed by atoms with E-state index in [4.69, 9.17) is 5.11 Å². The Bertz CT molecular complexity index is 419. The van der Waals surface area contributed by atoms with Gasteiger partial charge in [0.25, 0.3) is 0 Å². The van der Waals surface area contributed by atoms with Crippen molar-refractivity contribution >= 4 is 11.7 Å². The number of carboxylic acid groups (broad SMARTS) is 1. The smallest absolute Gasteiger partial charge is 0.312 e. The molecule has 0 amide bonds. The average Bonchev–Trinajstić information content (AvgIpc) is 2.68. The third-order valence-electron chi connectivity index (χ3n) is 3.20. The number of nitrogens with zero attached hydrogens (tertiary/aromatic N) is 1. The van der Waals surface area contributed by atoms with E-state index < -0.39 is 11.9 Å². The lowest BCUT2D eigenvalue weighted by Crippen LogP contribution is -2.30. The number of carbonyl (C=O) groups is 1. The zero-order valence-corrected chi connectivity index (χ0v) is 9.84. The van der Waals surface area contributed by atoms with Crippen molar-refractivity contribution in [2.45, 2.75) is 12.8 Å². The maximum Gasteiger partial charge on any atom is 0.312 e. The normalized spacial score (nSPS) is 20.1. The Kier molecular flexibility index (Phi) is 3.33. The van der Waals surface area contributed by atoms with Crippen LogP contribution < -0.4 is 4.90 Å². The Morgan fingerprint density at radius 2 is 2.24 bits per heavy atom. The van der Waals surface area contributed by atoms with Crippen LogP contribution >= 0.6 is 0 Å². The summed E-state index contributed by atoms with van der Waals surface area (Å²) in [5.74, 6) is -1.08. The highest BCUT2D eigenvalue weighted by Gasteiger charge is 2.33. The van der Waals surface area contributed by atoms with Crippen molar-refractivity contribution in [3.05, 3.63) is 29.8 Å². The van der Waals surface area contributed by atoms with Gasteiger partial charge in [-0.1, -0.05) is 25.1 Å². The van der Waals surface area contributed by atoms with Gasteiger partial charge in [-0.3, -0.25) is 4.79 Å². The largest absolute Gasteiger partial charge is 0.481 e. The highest BCUT2D eigenvalue weighted by Crippen LogP contribution is 2.36. The minimum absolute atomic E-state index is 0.121. The quantitative estimate of drug-likeness (QED) is 0.826. The Labute approximate surface area is 100 Å². The third-order valence-corrected chi connectivity index (χ3v) is 3.20. The Morgan fingerprint density at radius 3 is 2.88 bits per heavy atom. The number of hydrogen-bond donors (Lipinski definition) is 2. The first-order chi connectivity index (χ1) is 8.13. The van der Waals surface area contributed by atoms with Gasteiger partial charge in [0, 0.05) is 25.4 Å². The van der Waals surface area contributed by atoms with Crippen molar-refractivity contribution in [3.8, 4) is 0 Å². The van der Waals surface area contributed by atoms with Gasteiger partial charge in [-0.2, -0.15) is 0 Å². The summed E-state index contributed by atoms with van der Waals surface area (Å²) in [7, 11) is 0. The van der Waals surface area contributed by atoms with Gasteiger partial charge in [0.1, 0.15) is 5.92 Å². The molecular formula is C13H17NO3. The highest BCUT2D eigenvalue weighted by molar-refractivity contribution is 5.82. The van der Waals surface area contributed by atoms with Crippen molar-refractivity contribution in [1.29, 1.82) is 0 Å². The summed E-state index contributed by atoms with van der Waals surface area (Å²) < 4.78 is 0. The molecule has 0 fully saturated rings. The summed E-state index contributed by atoms with van der Waals surface area (Å²) in [5, 5.41) is 18.3. The first-order valence-corrected chi connectivity index (χ1v) is 5.81. The molecule has 0 bridgehead atoms. The number of benzene rings is 1. The molecule has 17 heavy (non-hydrogen) atoms. The molecule has 0 radical (unpaired) electrons. The molecule has 0 saturated heterocycles. The number of fused-ring (bicyclic) bond motifs is 1. The zero-order chi connectivity index (χ0) is 12.4. The molecule has 2 rings (SSSR count). The average molecular weight is 235 g/mol. The Balaban J connectivity index is 2.25. The molecule has 1 aliphatic heterocycles. The Hall–Kier alpha value is -1.55. The zero-order valence-electron chi connectivity index (χ0n) is 9.84. The second kappa shape index (κ2) is 4.75. The van der Waals surface area contributed by atoms with Crippen molar-refractivity contribution in [1.82, 2.24) is 0 Å². The van der Waals surface area contributed by atoms with Crippen LogP contribution in [0.5, 0.6) is 0 Å². The molecule has 2 atom stereocenters. The third kappa shape index (κ3) is 2.26. The van der Waals surface area contributed by atoms with Crippen LogP contribution in [-0.2, 0) is 4.79 Å². The Morgan fingerprint density at radius 1 is 1.53 bits per heavy atom. The first kappa shape index (κ1) is 11.9. The second-order valence-corrected chi connectivity index (χ2v) is 4.64. The van der Waals surface area contributed by atoms with Crippen molar-refractivity contribution in [2.24, 2.45) is 5.92 Å². The summed E-state index contributed by atoms with van der Waals surface area (Å²) in [4.78, 5) is 13.2. The highest BCUT2D eigenvalue weighted by atomic mass is 16.4. The topological polar surface area (TPSA) is 60.8 Å². The van der Waals surface area contributed by atoms with Gasteiger partial charge in [-0.25, -0.2) is 0 Å². The lowest BCUT2D eigenvalue weighted by atomic mass is 10.0. The van der Waals surface area contributed by atoms with Crippen molar-refractivity contribution in [3.63, 3.8) is 0 Å². The van der Waals surface area contributed by atoms with Crippen LogP contribution in [0, 0.1) is 5.92 Å². The van der Waals surface area contributed by atoms with E-state index in [0.717, 1.165) is 11.3 Å². The van der Waals surface area contributed by atoms with Crippen LogP contribution in [-0.4, -0.2) is 35.9 Å². The molecule has 4 heteroatoms. The molecule has 1 aromatic carbocycles. The number of aliphatic hydroxyl groups is 1. The molecule has 92 valence electrons. The van der Waals surface area contributed by atoms with Gasteiger partial charge < -0.3 is 15.1 Å². The number of para-hydroxylation sites is 1. The monoisotopic (exact) mass is 235 g/mol. The molecule has 1 heterocycles. The molecule has 0 aliphatic carbocycles. The van der Waals surface area contributed by atoms with Crippen LogP contribution in [0.3, 0.4) is 0 Å². The SMILES string of the molecule is CC(CO)CN1CC(C(=O)O)c2ccccc21. The van der Waals surface area contributed by atoms with Crippen molar-refractivity contribution in [2.75, 3.05) is 24.6 Å². The summed E-state index contributed by atoms with van der Waals surface area (Å²) in [6.07, 6.45) is 0. The van der Waals surface area contributed by atoms with Gasteiger partial charge in [0.15, 0.2) is 0 Å². The number of anilines is 1. The number of hydrogen-bond acceptors (Lipinski definition) is 3. The maximum atomic E-state index is 11.2. The van der Waals surface area contributed by atoms with Gasteiger partial charge in [-0.15, -0.1) is 0 Å². The minimum Gasteiger partial charge on any atom is -0.481 e. The molecule has 2 N–H and O–H groups in total.